The average Bonchev–Trinajstić information content (AvgIpc) is 2.82. The van der Waals surface area contributed by atoms with E-state index >= 15 is 0 Å². The van der Waals surface area contributed by atoms with Crippen LogP contribution < -0.4 is 0 Å². The summed E-state index contributed by atoms with van der Waals surface area (Å²) >= 11 is 0. The highest BCUT2D eigenvalue weighted by atomic mass is 16.2. The zero-order valence-electron chi connectivity index (χ0n) is 12.9. The van der Waals surface area contributed by atoms with E-state index < -0.39 is 0 Å². The van der Waals surface area contributed by atoms with Gasteiger partial charge in [-0.15, -0.1) is 0 Å². The fourth-order valence-corrected chi connectivity index (χ4v) is 3.15. The summed E-state index contributed by atoms with van der Waals surface area (Å²) in [5.74, 6) is 0.329. The Morgan fingerprint density at radius 3 is 2.71 bits per heavy atom. The van der Waals surface area contributed by atoms with Gasteiger partial charge in [0, 0.05) is 41.2 Å². The summed E-state index contributed by atoms with van der Waals surface area (Å²) in [4.78, 5) is 17.5. The van der Waals surface area contributed by atoms with E-state index in [1.165, 1.54) is 27.7 Å². The van der Waals surface area contributed by atoms with E-state index in [4.69, 9.17) is 0 Å². The monoisotopic (exact) mass is 282 g/mol. The van der Waals surface area contributed by atoms with Gasteiger partial charge in [-0.1, -0.05) is 38.1 Å². The van der Waals surface area contributed by atoms with Crippen molar-refractivity contribution in [1.29, 1.82) is 0 Å². The molecule has 2 heterocycles. The highest BCUT2D eigenvalue weighted by molar-refractivity contribution is 5.94. The van der Waals surface area contributed by atoms with Crippen molar-refractivity contribution in [2.75, 3.05) is 13.1 Å². The average molecular weight is 282 g/mol. The van der Waals surface area contributed by atoms with Crippen molar-refractivity contribution < 1.29 is 4.79 Å². The molecule has 1 N–H and O–H groups in total. The number of aromatic amines is 1. The van der Waals surface area contributed by atoms with Crippen LogP contribution in [0.4, 0.5) is 0 Å². The zero-order chi connectivity index (χ0) is 15.0. The number of aromatic nitrogens is 1. The number of amides is 1. The number of aryl methyl sites for hydroxylation is 1. The van der Waals surface area contributed by atoms with Gasteiger partial charge < -0.3 is 9.88 Å². The van der Waals surface area contributed by atoms with Gasteiger partial charge >= 0.3 is 0 Å². The standard InChI is InChI=1S/C18H22N2O/c1-12(2)18(21)20-10-8-14(9-11-20)17-13(3)19-16-7-5-4-6-15(16)17/h4-8,12,19H,9-11H2,1-3H3. The van der Waals surface area contributed by atoms with Gasteiger partial charge in [0.2, 0.25) is 5.91 Å². The van der Waals surface area contributed by atoms with Gasteiger partial charge in [0.15, 0.2) is 0 Å². The lowest BCUT2D eigenvalue weighted by Gasteiger charge is -2.28. The Kier molecular flexibility index (Phi) is 3.58. The first kappa shape index (κ1) is 13.9. The summed E-state index contributed by atoms with van der Waals surface area (Å²) in [5, 5.41) is 1.28. The lowest BCUT2D eigenvalue weighted by Crippen LogP contribution is -2.37. The zero-order valence-corrected chi connectivity index (χ0v) is 12.9. The fourth-order valence-electron chi connectivity index (χ4n) is 3.15. The van der Waals surface area contributed by atoms with E-state index in [1.807, 2.05) is 18.7 Å². The van der Waals surface area contributed by atoms with Crippen LogP contribution >= 0.6 is 0 Å². The van der Waals surface area contributed by atoms with Gasteiger partial charge in [-0.25, -0.2) is 0 Å². The molecule has 110 valence electrons. The number of benzene rings is 1. The molecule has 3 heteroatoms. The molecule has 0 aliphatic carbocycles. The van der Waals surface area contributed by atoms with Crippen LogP contribution in [-0.2, 0) is 4.79 Å². The quantitative estimate of drug-likeness (QED) is 0.894. The summed E-state index contributed by atoms with van der Waals surface area (Å²) in [6, 6.07) is 8.42. The summed E-state index contributed by atoms with van der Waals surface area (Å²) in [6.07, 6.45) is 3.15. The highest BCUT2D eigenvalue weighted by Crippen LogP contribution is 2.32. The second kappa shape index (κ2) is 5.40. The predicted molar refractivity (Wildman–Crippen MR) is 87.0 cm³/mol. The van der Waals surface area contributed by atoms with Crippen molar-refractivity contribution in [2.24, 2.45) is 5.92 Å². The van der Waals surface area contributed by atoms with E-state index in [9.17, 15) is 4.79 Å². The molecule has 0 atom stereocenters. The number of hydrogen-bond acceptors (Lipinski definition) is 1. The van der Waals surface area contributed by atoms with E-state index in [0.29, 0.717) is 0 Å². The Labute approximate surface area is 125 Å². The van der Waals surface area contributed by atoms with Gasteiger partial charge in [-0.05, 0) is 25.0 Å². The summed E-state index contributed by atoms with van der Waals surface area (Å²) < 4.78 is 0. The SMILES string of the molecule is Cc1[nH]c2ccccc2c1C1=CCN(C(=O)C(C)C)CC1. The Bertz CT molecular complexity index is 709. The van der Waals surface area contributed by atoms with Crippen LogP contribution in [0.15, 0.2) is 30.3 Å². The van der Waals surface area contributed by atoms with E-state index in [2.05, 4.69) is 42.2 Å². The van der Waals surface area contributed by atoms with E-state index in [-0.39, 0.29) is 11.8 Å². The van der Waals surface area contributed by atoms with Gasteiger partial charge in [0.05, 0.1) is 0 Å². The molecular weight excluding hydrogens is 260 g/mol. The lowest BCUT2D eigenvalue weighted by atomic mass is 9.96. The number of fused-ring (bicyclic) bond motifs is 1. The van der Waals surface area contributed by atoms with Crippen molar-refractivity contribution in [3.05, 3.63) is 41.6 Å². The summed E-state index contributed by atoms with van der Waals surface area (Å²) in [6.45, 7) is 7.60. The van der Waals surface area contributed by atoms with Gasteiger partial charge in [-0.2, -0.15) is 0 Å². The van der Waals surface area contributed by atoms with E-state index in [0.717, 1.165) is 19.5 Å². The summed E-state index contributed by atoms with van der Waals surface area (Å²) in [7, 11) is 0. The van der Waals surface area contributed by atoms with Crippen molar-refractivity contribution in [2.45, 2.75) is 27.2 Å². The molecule has 3 nitrogen and oxygen atoms in total. The molecule has 1 aliphatic rings. The van der Waals surface area contributed by atoms with Crippen molar-refractivity contribution in [1.82, 2.24) is 9.88 Å². The molecule has 21 heavy (non-hydrogen) atoms. The van der Waals surface area contributed by atoms with Gasteiger partial charge in [-0.3, -0.25) is 4.79 Å². The first-order valence-electron chi connectivity index (χ1n) is 7.63. The number of hydrogen-bond donors (Lipinski definition) is 1. The molecule has 0 bridgehead atoms. The van der Waals surface area contributed by atoms with Crippen LogP contribution in [0.3, 0.4) is 0 Å². The Hall–Kier alpha value is -2.03. The number of para-hydroxylation sites is 1. The minimum absolute atomic E-state index is 0.0785. The lowest BCUT2D eigenvalue weighted by molar-refractivity contribution is -0.134. The maximum atomic E-state index is 12.1. The number of nitrogens with one attached hydrogen (secondary N) is 1. The molecule has 0 fully saturated rings. The molecule has 0 saturated carbocycles. The third-order valence-corrected chi connectivity index (χ3v) is 4.23. The second-order valence-electron chi connectivity index (χ2n) is 6.09. The van der Waals surface area contributed by atoms with Crippen LogP contribution in [-0.4, -0.2) is 28.9 Å². The highest BCUT2D eigenvalue weighted by Gasteiger charge is 2.22. The molecule has 3 rings (SSSR count). The second-order valence-corrected chi connectivity index (χ2v) is 6.09. The van der Waals surface area contributed by atoms with Crippen LogP contribution in [0.2, 0.25) is 0 Å². The molecule has 0 saturated heterocycles. The van der Waals surface area contributed by atoms with Crippen LogP contribution in [0.25, 0.3) is 16.5 Å². The molecule has 0 unspecified atom stereocenters. The largest absolute Gasteiger partial charge is 0.358 e. The normalized spacial score (nSPS) is 15.6. The fraction of sp³-hybridized carbons (Fsp3) is 0.389. The van der Waals surface area contributed by atoms with Crippen LogP contribution in [0.1, 0.15) is 31.5 Å². The Morgan fingerprint density at radius 1 is 1.29 bits per heavy atom. The van der Waals surface area contributed by atoms with Crippen molar-refractivity contribution in [3.63, 3.8) is 0 Å². The molecular formula is C18H22N2O. The molecule has 0 radical (unpaired) electrons. The third-order valence-electron chi connectivity index (χ3n) is 4.23. The minimum atomic E-state index is 0.0785. The molecule has 1 amide bonds. The van der Waals surface area contributed by atoms with Crippen LogP contribution in [0, 0.1) is 12.8 Å². The van der Waals surface area contributed by atoms with Crippen molar-refractivity contribution >= 4 is 22.4 Å². The maximum absolute atomic E-state index is 12.1. The first-order chi connectivity index (χ1) is 10.1. The van der Waals surface area contributed by atoms with Gasteiger partial charge in [0.1, 0.15) is 0 Å². The number of H-pyrrole nitrogens is 1. The predicted octanol–water partition coefficient (Wildman–Crippen LogP) is 3.75. The molecule has 1 aromatic heterocycles. The molecule has 0 spiro atoms. The third kappa shape index (κ3) is 2.48. The minimum Gasteiger partial charge on any atom is -0.358 e. The van der Waals surface area contributed by atoms with Crippen molar-refractivity contribution in [3.8, 4) is 0 Å². The van der Waals surface area contributed by atoms with Gasteiger partial charge in [0.25, 0.3) is 0 Å². The number of carbonyl (C=O) groups excluding carboxylic acids is 1. The first-order valence-corrected chi connectivity index (χ1v) is 7.63. The topological polar surface area (TPSA) is 36.1 Å². The number of nitrogens with zero attached hydrogens (tertiary/aromatic N) is 1. The smallest absolute Gasteiger partial charge is 0.225 e. The van der Waals surface area contributed by atoms with Crippen LogP contribution in [0.5, 0.6) is 0 Å². The Morgan fingerprint density at radius 2 is 2.05 bits per heavy atom. The Balaban J connectivity index is 1.91. The summed E-state index contributed by atoms with van der Waals surface area (Å²) in [5.41, 5.74) is 5.08. The van der Waals surface area contributed by atoms with E-state index in [1.54, 1.807) is 0 Å². The molecule has 2 aromatic rings. The molecule has 1 aliphatic heterocycles. The number of rotatable bonds is 2. The maximum Gasteiger partial charge on any atom is 0.225 e. The number of carbonyl (C=O) groups is 1. The molecule has 1 aromatic carbocycles.